The Bertz CT molecular complexity index is 987. The Morgan fingerprint density at radius 2 is 1.58 bits per heavy atom. The predicted molar refractivity (Wildman–Crippen MR) is 98.7 cm³/mol. The van der Waals surface area contributed by atoms with Crippen molar-refractivity contribution in [3.63, 3.8) is 0 Å². The summed E-state index contributed by atoms with van der Waals surface area (Å²) in [5, 5.41) is 0.553. The Hall–Kier alpha value is -2.31. The summed E-state index contributed by atoms with van der Waals surface area (Å²) in [5.74, 6) is -0.0547. The SMILES string of the molecule is CC1(C)OC(=O)C(Oc2ccc(Cl)cc2)=C1c1ccc(S(C)(=O)=O)cc1. The van der Waals surface area contributed by atoms with Gasteiger partial charge in [0.25, 0.3) is 0 Å². The van der Waals surface area contributed by atoms with Crippen molar-refractivity contribution in [2.45, 2.75) is 24.3 Å². The molecule has 7 heteroatoms. The molecule has 5 nitrogen and oxygen atoms in total. The second kappa shape index (κ2) is 6.45. The molecule has 2 aromatic carbocycles. The van der Waals surface area contributed by atoms with Crippen molar-refractivity contribution in [2.75, 3.05) is 6.26 Å². The Morgan fingerprint density at radius 1 is 1.00 bits per heavy atom. The first-order valence-corrected chi connectivity index (χ1v) is 10.1. The van der Waals surface area contributed by atoms with E-state index in [-0.39, 0.29) is 10.7 Å². The number of ether oxygens (including phenoxy) is 2. The van der Waals surface area contributed by atoms with Gasteiger partial charge in [0.1, 0.15) is 11.4 Å². The summed E-state index contributed by atoms with van der Waals surface area (Å²) in [6.07, 6.45) is 1.14. The number of hydrogen-bond donors (Lipinski definition) is 0. The molecule has 0 N–H and O–H groups in total. The lowest BCUT2D eigenvalue weighted by Crippen LogP contribution is -2.22. The highest BCUT2D eigenvalue weighted by Crippen LogP contribution is 2.40. The van der Waals surface area contributed by atoms with Gasteiger partial charge in [-0.2, -0.15) is 0 Å². The average Bonchev–Trinajstić information content (AvgIpc) is 2.77. The van der Waals surface area contributed by atoms with Crippen LogP contribution in [-0.4, -0.2) is 26.2 Å². The van der Waals surface area contributed by atoms with Crippen molar-refractivity contribution in [3.05, 3.63) is 64.9 Å². The lowest BCUT2D eigenvalue weighted by molar-refractivity contribution is -0.145. The highest BCUT2D eigenvalue weighted by Gasteiger charge is 2.43. The van der Waals surface area contributed by atoms with E-state index in [1.807, 2.05) is 0 Å². The lowest BCUT2D eigenvalue weighted by atomic mass is 9.92. The Labute approximate surface area is 157 Å². The molecule has 0 saturated heterocycles. The molecular weight excluding hydrogens is 376 g/mol. The molecule has 0 saturated carbocycles. The van der Waals surface area contributed by atoms with Gasteiger partial charge in [0, 0.05) is 11.3 Å². The summed E-state index contributed by atoms with van der Waals surface area (Å²) in [5.41, 5.74) is 0.292. The first-order valence-electron chi connectivity index (χ1n) is 7.80. The van der Waals surface area contributed by atoms with Crippen LogP contribution in [0.4, 0.5) is 0 Å². The summed E-state index contributed by atoms with van der Waals surface area (Å²) in [6, 6.07) is 12.9. The fourth-order valence-corrected chi connectivity index (χ4v) is 3.52. The minimum absolute atomic E-state index is 0.0735. The molecule has 0 unspecified atom stereocenters. The minimum atomic E-state index is -3.31. The Morgan fingerprint density at radius 3 is 2.12 bits per heavy atom. The second-order valence-electron chi connectivity index (χ2n) is 6.46. The number of sulfone groups is 1. The first-order chi connectivity index (χ1) is 12.1. The molecule has 0 spiro atoms. The summed E-state index contributed by atoms with van der Waals surface area (Å²) in [6.45, 7) is 3.51. The van der Waals surface area contributed by atoms with Gasteiger partial charge in [-0.05, 0) is 55.8 Å². The largest absolute Gasteiger partial charge is 0.449 e. The second-order valence-corrected chi connectivity index (χ2v) is 8.91. The van der Waals surface area contributed by atoms with Gasteiger partial charge in [0.05, 0.1) is 10.5 Å². The highest BCUT2D eigenvalue weighted by atomic mass is 35.5. The zero-order valence-corrected chi connectivity index (χ0v) is 16.0. The quantitative estimate of drug-likeness (QED) is 0.739. The van der Waals surface area contributed by atoms with E-state index >= 15 is 0 Å². The molecule has 1 aliphatic rings. The van der Waals surface area contributed by atoms with Gasteiger partial charge in [0.2, 0.25) is 5.76 Å². The molecule has 136 valence electrons. The normalized spacial score (nSPS) is 16.5. The molecule has 3 rings (SSSR count). The van der Waals surface area contributed by atoms with Crippen LogP contribution in [0.3, 0.4) is 0 Å². The van der Waals surface area contributed by atoms with Crippen LogP contribution in [0.5, 0.6) is 5.75 Å². The fraction of sp³-hybridized carbons (Fsp3) is 0.211. The van der Waals surface area contributed by atoms with Crippen LogP contribution >= 0.6 is 11.6 Å². The third-order valence-electron chi connectivity index (χ3n) is 3.97. The van der Waals surface area contributed by atoms with E-state index in [0.717, 1.165) is 6.26 Å². The van der Waals surface area contributed by atoms with Crippen LogP contribution < -0.4 is 4.74 Å². The van der Waals surface area contributed by atoms with E-state index in [1.165, 1.54) is 12.1 Å². The number of hydrogen-bond acceptors (Lipinski definition) is 5. The molecule has 26 heavy (non-hydrogen) atoms. The van der Waals surface area contributed by atoms with E-state index in [2.05, 4.69) is 0 Å². The zero-order valence-electron chi connectivity index (χ0n) is 14.4. The topological polar surface area (TPSA) is 69.7 Å². The van der Waals surface area contributed by atoms with Crippen molar-refractivity contribution in [1.82, 2.24) is 0 Å². The van der Waals surface area contributed by atoms with Crippen LogP contribution in [0.1, 0.15) is 19.4 Å². The van der Waals surface area contributed by atoms with Gasteiger partial charge in [-0.1, -0.05) is 23.7 Å². The van der Waals surface area contributed by atoms with Crippen molar-refractivity contribution < 1.29 is 22.7 Å². The monoisotopic (exact) mass is 392 g/mol. The van der Waals surface area contributed by atoms with Crippen molar-refractivity contribution >= 4 is 33.0 Å². The number of carbonyl (C=O) groups excluding carboxylic acids is 1. The molecule has 0 amide bonds. The Balaban J connectivity index is 2.07. The van der Waals surface area contributed by atoms with Gasteiger partial charge >= 0.3 is 5.97 Å². The summed E-state index contributed by atoms with van der Waals surface area (Å²) < 4.78 is 34.5. The number of benzene rings is 2. The molecular formula is C19H17ClO5S. The van der Waals surface area contributed by atoms with Gasteiger partial charge < -0.3 is 9.47 Å². The van der Waals surface area contributed by atoms with Gasteiger partial charge in [0.15, 0.2) is 9.84 Å². The molecule has 0 atom stereocenters. The highest BCUT2D eigenvalue weighted by molar-refractivity contribution is 7.90. The van der Waals surface area contributed by atoms with E-state index in [4.69, 9.17) is 21.1 Å². The number of rotatable bonds is 4. The van der Waals surface area contributed by atoms with Crippen LogP contribution in [0.25, 0.3) is 5.57 Å². The van der Waals surface area contributed by atoms with Crippen molar-refractivity contribution in [1.29, 1.82) is 0 Å². The molecule has 1 aliphatic heterocycles. The number of carbonyl (C=O) groups is 1. The third kappa shape index (κ3) is 3.61. The first kappa shape index (κ1) is 18.5. The molecule has 2 aromatic rings. The zero-order chi connectivity index (χ0) is 19.1. The Kier molecular flexibility index (Phi) is 4.58. The van der Waals surface area contributed by atoms with E-state index in [9.17, 15) is 13.2 Å². The standard InChI is InChI=1S/C19H17ClO5S/c1-19(2)16(12-4-10-15(11-5-12)26(3,22)23)17(18(21)25-19)24-14-8-6-13(20)7-9-14/h4-11H,1-3H3. The number of cyclic esters (lactones) is 1. The van der Waals surface area contributed by atoms with E-state index in [0.29, 0.717) is 21.9 Å². The molecule has 0 fully saturated rings. The molecule has 0 bridgehead atoms. The number of halogens is 1. The number of esters is 1. The summed E-state index contributed by atoms with van der Waals surface area (Å²) >= 11 is 5.87. The summed E-state index contributed by atoms with van der Waals surface area (Å²) in [7, 11) is -3.31. The summed E-state index contributed by atoms with van der Waals surface area (Å²) in [4.78, 5) is 12.5. The maximum Gasteiger partial charge on any atom is 0.375 e. The maximum absolute atomic E-state index is 12.3. The van der Waals surface area contributed by atoms with E-state index < -0.39 is 21.4 Å². The lowest BCUT2D eigenvalue weighted by Gasteiger charge is -2.21. The van der Waals surface area contributed by atoms with E-state index in [1.54, 1.807) is 50.2 Å². The van der Waals surface area contributed by atoms with Crippen molar-refractivity contribution in [3.8, 4) is 5.75 Å². The minimum Gasteiger partial charge on any atom is -0.449 e. The predicted octanol–water partition coefficient (Wildman–Crippen LogP) is 3.87. The van der Waals surface area contributed by atoms with Gasteiger partial charge in [-0.15, -0.1) is 0 Å². The van der Waals surface area contributed by atoms with Gasteiger partial charge in [-0.25, -0.2) is 13.2 Å². The molecule has 1 heterocycles. The van der Waals surface area contributed by atoms with Crippen LogP contribution in [0.2, 0.25) is 5.02 Å². The smallest absolute Gasteiger partial charge is 0.375 e. The maximum atomic E-state index is 12.3. The average molecular weight is 393 g/mol. The molecule has 0 aromatic heterocycles. The van der Waals surface area contributed by atoms with Crippen molar-refractivity contribution in [2.24, 2.45) is 0 Å². The molecule has 0 radical (unpaired) electrons. The third-order valence-corrected chi connectivity index (χ3v) is 5.35. The van der Waals surface area contributed by atoms with Crippen LogP contribution in [-0.2, 0) is 19.4 Å². The van der Waals surface area contributed by atoms with Gasteiger partial charge in [-0.3, -0.25) is 0 Å². The van der Waals surface area contributed by atoms with Crippen LogP contribution in [0, 0.1) is 0 Å². The molecule has 0 aliphatic carbocycles. The van der Waals surface area contributed by atoms with Crippen LogP contribution in [0.15, 0.2) is 59.2 Å². The fourth-order valence-electron chi connectivity index (χ4n) is 2.77.